The number of aromatic hydroxyl groups is 1. The molecule has 1 saturated carbocycles. The zero-order valence-electron chi connectivity index (χ0n) is 12.0. The molecule has 2 rings (SSSR count). The summed E-state index contributed by atoms with van der Waals surface area (Å²) in [5.74, 6) is -1.36. The van der Waals surface area contributed by atoms with E-state index in [1.807, 2.05) is 0 Å². The number of carboxylic acids is 1. The van der Waals surface area contributed by atoms with Gasteiger partial charge in [-0.2, -0.15) is 0 Å². The first-order chi connectivity index (χ1) is 9.96. The number of urea groups is 1. The topological polar surface area (TPSA) is 98.7 Å². The van der Waals surface area contributed by atoms with Crippen LogP contribution in [0.4, 0.5) is 10.5 Å². The Balaban J connectivity index is 1.98. The first-order valence-corrected chi connectivity index (χ1v) is 7.07. The van der Waals surface area contributed by atoms with Gasteiger partial charge >= 0.3 is 12.0 Å². The van der Waals surface area contributed by atoms with Gasteiger partial charge in [0, 0.05) is 6.54 Å². The summed E-state index contributed by atoms with van der Waals surface area (Å²) in [5, 5.41) is 23.7. The van der Waals surface area contributed by atoms with Crippen LogP contribution in [0.25, 0.3) is 0 Å². The van der Waals surface area contributed by atoms with Crippen molar-refractivity contribution in [2.45, 2.75) is 32.6 Å². The Bertz CT molecular complexity index is 547. The standard InChI is InChI=1S/C15H20N2O4/c1-2-15(6-3-7-15)9-16-14(21)17-12-5-4-10(18)8-11(12)13(19)20/h4-5,8,18H,2-3,6-7,9H2,1H3,(H,19,20)(H2,16,17,21). The van der Waals surface area contributed by atoms with E-state index in [1.165, 1.54) is 18.6 Å². The van der Waals surface area contributed by atoms with E-state index < -0.39 is 12.0 Å². The van der Waals surface area contributed by atoms with Crippen molar-refractivity contribution in [1.82, 2.24) is 5.32 Å². The Hall–Kier alpha value is -2.24. The molecule has 114 valence electrons. The van der Waals surface area contributed by atoms with Crippen molar-refractivity contribution in [2.75, 3.05) is 11.9 Å². The van der Waals surface area contributed by atoms with Crippen molar-refractivity contribution in [3.63, 3.8) is 0 Å². The first kappa shape index (κ1) is 15.2. The zero-order valence-corrected chi connectivity index (χ0v) is 12.0. The molecule has 0 bridgehead atoms. The molecule has 1 aromatic rings. The average Bonchev–Trinajstić information content (AvgIpc) is 2.40. The first-order valence-electron chi connectivity index (χ1n) is 7.07. The maximum absolute atomic E-state index is 11.9. The SMILES string of the molecule is CCC1(CNC(=O)Nc2ccc(O)cc2C(=O)O)CCC1. The zero-order chi connectivity index (χ0) is 15.5. The summed E-state index contributed by atoms with van der Waals surface area (Å²) < 4.78 is 0. The second-order valence-electron chi connectivity index (χ2n) is 5.55. The fraction of sp³-hybridized carbons (Fsp3) is 0.467. The maximum Gasteiger partial charge on any atom is 0.337 e. The Labute approximate surface area is 123 Å². The van der Waals surface area contributed by atoms with E-state index >= 15 is 0 Å². The monoisotopic (exact) mass is 292 g/mol. The van der Waals surface area contributed by atoms with Crippen LogP contribution in [0.1, 0.15) is 43.0 Å². The number of benzene rings is 1. The molecular formula is C15H20N2O4. The van der Waals surface area contributed by atoms with E-state index in [-0.39, 0.29) is 22.4 Å². The molecule has 6 nitrogen and oxygen atoms in total. The Morgan fingerprint density at radius 1 is 1.33 bits per heavy atom. The van der Waals surface area contributed by atoms with Crippen LogP contribution in [0, 0.1) is 5.41 Å². The number of carbonyl (C=O) groups is 2. The summed E-state index contributed by atoms with van der Waals surface area (Å²) in [7, 11) is 0. The summed E-state index contributed by atoms with van der Waals surface area (Å²) in [6.45, 7) is 2.71. The highest BCUT2D eigenvalue weighted by Crippen LogP contribution is 2.43. The summed E-state index contributed by atoms with van der Waals surface area (Å²) in [4.78, 5) is 23.0. The number of aromatic carboxylic acids is 1. The van der Waals surface area contributed by atoms with Gasteiger partial charge in [0.25, 0.3) is 0 Å². The summed E-state index contributed by atoms with van der Waals surface area (Å²) in [5.41, 5.74) is 0.220. The van der Waals surface area contributed by atoms with E-state index in [2.05, 4.69) is 17.6 Å². The van der Waals surface area contributed by atoms with Crippen LogP contribution in [0.5, 0.6) is 5.75 Å². The van der Waals surface area contributed by atoms with Crippen molar-refractivity contribution in [3.05, 3.63) is 23.8 Å². The molecule has 21 heavy (non-hydrogen) atoms. The number of rotatable bonds is 5. The molecule has 0 heterocycles. The van der Waals surface area contributed by atoms with Gasteiger partial charge in [0.2, 0.25) is 0 Å². The lowest BCUT2D eigenvalue weighted by Gasteiger charge is -2.41. The van der Waals surface area contributed by atoms with E-state index in [4.69, 9.17) is 5.11 Å². The van der Waals surface area contributed by atoms with Crippen molar-refractivity contribution < 1.29 is 19.8 Å². The molecule has 2 amide bonds. The van der Waals surface area contributed by atoms with Crippen molar-refractivity contribution in [3.8, 4) is 5.75 Å². The van der Waals surface area contributed by atoms with Crippen LogP contribution >= 0.6 is 0 Å². The summed E-state index contributed by atoms with van der Waals surface area (Å²) in [6, 6.07) is 3.39. The molecule has 0 spiro atoms. The van der Waals surface area contributed by atoms with E-state index in [9.17, 15) is 14.7 Å². The number of hydrogen-bond acceptors (Lipinski definition) is 3. The molecule has 1 aliphatic rings. The minimum atomic E-state index is -1.20. The van der Waals surface area contributed by atoms with E-state index in [0.717, 1.165) is 25.3 Å². The second kappa shape index (κ2) is 6.03. The number of amides is 2. The van der Waals surface area contributed by atoms with Gasteiger partial charge in [0.05, 0.1) is 11.3 Å². The molecule has 1 aromatic carbocycles. The molecule has 0 aromatic heterocycles. The van der Waals surface area contributed by atoms with Gasteiger partial charge in [-0.25, -0.2) is 9.59 Å². The number of carbonyl (C=O) groups excluding carboxylic acids is 1. The molecular weight excluding hydrogens is 272 g/mol. The van der Waals surface area contributed by atoms with E-state index in [0.29, 0.717) is 6.54 Å². The third-order valence-electron chi connectivity index (χ3n) is 4.27. The van der Waals surface area contributed by atoms with Crippen LogP contribution in [-0.2, 0) is 0 Å². The molecule has 6 heteroatoms. The largest absolute Gasteiger partial charge is 0.508 e. The number of phenols is 1. The lowest BCUT2D eigenvalue weighted by molar-refractivity contribution is 0.0697. The van der Waals surface area contributed by atoms with Gasteiger partial charge in [-0.05, 0) is 42.9 Å². The van der Waals surface area contributed by atoms with Crippen molar-refractivity contribution in [1.29, 1.82) is 0 Å². The number of carboxylic acid groups (broad SMARTS) is 1. The minimum Gasteiger partial charge on any atom is -0.508 e. The van der Waals surface area contributed by atoms with Gasteiger partial charge in [0.1, 0.15) is 5.75 Å². The Morgan fingerprint density at radius 2 is 2.05 bits per heavy atom. The lowest BCUT2D eigenvalue weighted by atomic mass is 9.67. The third kappa shape index (κ3) is 3.45. The molecule has 4 N–H and O–H groups in total. The fourth-order valence-electron chi connectivity index (χ4n) is 2.58. The highest BCUT2D eigenvalue weighted by Gasteiger charge is 2.35. The number of nitrogens with one attached hydrogen (secondary N) is 2. The average molecular weight is 292 g/mol. The van der Waals surface area contributed by atoms with Crippen LogP contribution in [-0.4, -0.2) is 28.8 Å². The predicted molar refractivity (Wildman–Crippen MR) is 78.7 cm³/mol. The van der Waals surface area contributed by atoms with E-state index in [1.54, 1.807) is 0 Å². The maximum atomic E-state index is 11.9. The minimum absolute atomic E-state index is 0.140. The smallest absolute Gasteiger partial charge is 0.337 e. The van der Waals surface area contributed by atoms with Crippen LogP contribution in [0.15, 0.2) is 18.2 Å². The van der Waals surface area contributed by atoms with Gasteiger partial charge in [-0.15, -0.1) is 0 Å². The Morgan fingerprint density at radius 3 is 2.57 bits per heavy atom. The molecule has 0 saturated heterocycles. The van der Waals surface area contributed by atoms with Gasteiger partial charge in [-0.3, -0.25) is 0 Å². The molecule has 0 aliphatic heterocycles. The normalized spacial score (nSPS) is 15.9. The molecule has 0 atom stereocenters. The quantitative estimate of drug-likeness (QED) is 0.627. The summed E-state index contributed by atoms with van der Waals surface area (Å²) in [6.07, 6.45) is 4.44. The van der Waals surface area contributed by atoms with Gasteiger partial charge in [0.15, 0.2) is 0 Å². The Kier molecular flexibility index (Phi) is 4.35. The van der Waals surface area contributed by atoms with Crippen molar-refractivity contribution >= 4 is 17.7 Å². The molecule has 1 aliphatic carbocycles. The summed E-state index contributed by atoms with van der Waals surface area (Å²) >= 11 is 0. The third-order valence-corrected chi connectivity index (χ3v) is 4.27. The molecule has 1 fully saturated rings. The number of anilines is 1. The molecule has 0 radical (unpaired) electrons. The van der Waals surface area contributed by atoms with Crippen LogP contribution < -0.4 is 10.6 Å². The number of hydrogen-bond donors (Lipinski definition) is 4. The van der Waals surface area contributed by atoms with Gasteiger partial charge in [-0.1, -0.05) is 13.3 Å². The number of phenolic OH excluding ortho intramolecular Hbond substituents is 1. The fourth-order valence-corrected chi connectivity index (χ4v) is 2.58. The van der Waals surface area contributed by atoms with Gasteiger partial charge < -0.3 is 20.8 Å². The second-order valence-corrected chi connectivity index (χ2v) is 5.55. The van der Waals surface area contributed by atoms with Crippen LogP contribution in [0.3, 0.4) is 0 Å². The predicted octanol–water partition coefficient (Wildman–Crippen LogP) is 2.79. The highest BCUT2D eigenvalue weighted by molar-refractivity contribution is 6.00. The highest BCUT2D eigenvalue weighted by atomic mass is 16.4. The molecule has 0 unspecified atom stereocenters. The van der Waals surface area contributed by atoms with Crippen molar-refractivity contribution in [2.24, 2.45) is 5.41 Å². The van der Waals surface area contributed by atoms with Crippen LogP contribution in [0.2, 0.25) is 0 Å². The lowest BCUT2D eigenvalue weighted by Crippen LogP contribution is -2.43.